The molecule has 0 bridgehead atoms. The zero-order valence-electron chi connectivity index (χ0n) is 12.6. The fraction of sp³-hybridized carbons (Fsp3) is 0.647. The van der Waals surface area contributed by atoms with Crippen LogP contribution in [0.15, 0.2) is 18.2 Å². The summed E-state index contributed by atoms with van der Waals surface area (Å²) in [4.78, 5) is 0. The van der Waals surface area contributed by atoms with Crippen LogP contribution in [0.5, 0.6) is 0 Å². The molecule has 0 radical (unpaired) electrons. The van der Waals surface area contributed by atoms with E-state index < -0.39 is 0 Å². The number of hydrogen-bond acceptors (Lipinski definition) is 1. The van der Waals surface area contributed by atoms with Gasteiger partial charge in [-0.3, -0.25) is 0 Å². The Morgan fingerprint density at radius 3 is 2.47 bits per heavy atom. The van der Waals surface area contributed by atoms with E-state index in [1.165, 1.54) is 49.7 Å². The van der Waals surface area contributed by atoms with E-state index in [0.717, 1.165) is 11.6 Å². The summed E-state index contributed by atoms with van der Waals surface area (Å²) in [5.74, 6) is 0. The zero-order chi connectivity index (χ0) is 14.1. The average Bonchev–Trinajstić information content (AvgIpc) is 2.40. The highest BCUT2D eigenvalue weighted by Gasteiger charge is 2.10. The third-order valence-electron chi connectivity index (χ3n) is 3.63. The molecule has 0 aliphatic carbocycles. The molecule has 0 fully saturated rings. The van der Waals surface area contributed by atoms with E-state index in [0.29, 0.717) is 6.04 Å². The summed E-state index contributed by atoms with van der Waals surface area (Å²) < 4.78 is 0. The molecule has 1 rings (SSSR count). The van der Waals surface area contributed by atoms with Crippen molar-refractivity contribution in [3.8, 4) is 0 Å². The number of hydrogen-bond donors (Lipinski definition) is 1. The van der Waals surface area contributed by atoms with E-state index >= 15 is 0 Å². The molecule has 1 N–H and O–H groups in total. The van der Waals surface area contributed by atoms with Crippen molar-refractivity contribution in [3.05, 3.63) is 34.3 Å². The maximum absolute atomic E-state index is 6.10. The van der Waals surface area contributed by atoms with Crippen molar-refractivity contribution < 1.29 is 0 Å². The molecule has 2 heteroatoms. The van der Waals surface area contributed by atoms with Gasteiger partial charge in [-0.1, -0.05) is 69.7 Å². The third kappa shape index (κ3) is 5.97. The van der Waals surface area contributed by atoms with E-state index in [4.69, 9.17) is 11.6 Å². The Morgan fingerprint density at radius 2 is 1.84 bits per heavy atom. The number of nitrogens with one attached hydrogen (secondary N) is 1. The van der Waals surface area contributed by atoms with Crippen molar-refractivity contribution in [2.45, 2.75) is 65.3 Å². The van der Waals surface area contributed by atoms with Crippen LogP contribution in [0.2, 0.25) is 5.02 Å². The number of halogens is 1. The smallest absolute Gasteiger partial charge is 0.0435 e. The van der Waals surface area contributed by atoms with E-state index in [2.05, 4.69) is 38.2 Å². The van der Waals surface area contributed by atoms with E-state index in [-0.39, 0.29) is 0 Å². The van der Waals surface area contributed by atoms with Gasteiger partial charge in [-0.2, -0.15) is 0 Å². The standard InChI is InChI=1S/C17H28ClN/c1-4-6-7-8-9-10-17(19-5-2)15-11-12-16(18)14(3)13-15/h11-13,17,19H,4-10H2,1-3H3. The lowest BCUT2D eigenvalue weighted by Gasteiger charge is -2.19. The monoisotopic (exact) mass is 281 g/mol. The summed E-state index contributed by atoms with van der Waals surface area (Å²) in [6.45, 7) is 7.53. The molecule has 0 saturated carbocycles. The maximum atomic E-state index is 6.10. The first-order chi connectivity index (χ1) is 9.19. The molecule has 0 spiro atoms. The minimum atomic E-state index is 0.475. The first-order valence-corrected chi connectivity index (χ1v) is 8.06. The summed E-state index contributed by atoms with van der Waals surface area (Å²) in [6.07, 6.45) is 7.92. The number of aryl methyl sites for hydroxylation is 1. The minimum Gasteiger partial charge on any atom is -0.310 e. The highest BCUT2D eigenvalue weighted by molar-refractivity contribution is 6.31. The topological polar surface area (TPSA) is 12.0 Å². The molecule has 0 aromatic heterocycles. The SMILES string of the molecule is CCCCCCCC(NCC)c1ccc(Cl)c(C)c1. The third-order valence-corrected chi connectivity index (χ3v) is 4.06. The van der Waals surface area contributed by atoms with Gasteiger partial charge in [0.05, 0.1) is 0 Å². The summed E-state index contributed by atoms with van der Waals surface area (Å²) in [5, 5.41) is 4.46. The molecular formula is C17H28ClN. The van der Waals surface area contributed by atoms with Crippen molar-refractivity contribution in [2.75, 3.05) is 6.54 Å². The van der Waals surface area contributed by atoms with Crippen LogP contribution in [0.1, 0.15) is 69.5 Å². The molecule has 0 saturated heterocycles. The zero-order valence-corrected chi connectivity index (χ0v) is 13.4. The molecule has 108 valence electrons. The fourth-order valence-electron chi connectivity index (χ4n) is 2.47. The Hall–Kier alpha value is -0.530. The van der Waals surface area contributed by atoms with Gasteiger partial charge in [0, 0.05) is 11.1 Å². The average molecular weight is 282 g/mol. The Kier molecular flexibility index (Phi) is 8.16. The summed E-state index contributed by atoms with van der Waals surface area (Å²) >= 11 is 6.10. The van der Waals surface area contributed by atoms with Crippen LogP contribution in [-0.4, -0.2) is 6.54 Å². The second-order valence-electron chi connectivity index (χ2n) is 5.32. The molecule has 1 aromatic carbocycles. The molecule has 1 aromatic rings. The number of unbranched alkanes of at least 4 members (excludes halogenated alkanes) is 4. The van der Waals surface area contributed by atoms with Crippen LogP contribution >= 0.6 is 11.6 Å². The normalized spacial score (nSPS) is 12.6. The largest absolute Gasteiger partial charge is 0.310 e. The van der Waals surface area contributed by atoms with Gasteiger partial charge in [0.15, 0.2) is 0 Å². The van der Waals surface area contributed by atoms with Crippen molar-refractivity contribution >= 4 is 11.6 Å². The van der Waals surface area contributed by atoms with Crippen LogP contribution in [0.3, 0.4) is 0 Å². The molecule has 0 aliphatic heterocycles. The summed E-state index contributed by atoms with van der Waals surface area (Å²) in [5.41, 5.74) is 2.55. The van der Waals surface area contributed by atoms with E-state index in [1.54, 1.807) is 0 Å². The fourth-order valence-corrected chi connectivity index (χ4v) is 2.59. The Labute approximate surface area is 123 Å². The van der Waals surface area contributed by atoms with Gasteiger partial charge in [-0.25, -0.2) is 0 Å². The number of benzene rings is 1. The van der Waals surface area contributed by atoms with Gasteiger partial charge in [0.2, 0.25) is 0 Å². The van der Waals surface area contributed by atoms with Gasteiger partial charge in [0.25, 0.3) is 0 Å². The van der Waals surface area contributed by atoms with Crippen molar-refractivity contribution in [3.63, 3.8) is 0 Å². The second kappa shape index (κ2) is 9.39. The highest BCUT2D eigenvalue weighted by atomic mass is 35.5. The lowest BCUT2D eigenvalue weighted by molar-refractivity contribution is 0.478. The maximum Gasteiger partial charge on any atom is 0.0435 e. The lowest BCUT2D eigenvalue weighted by atomic mass is 9.98. The molecule has 0 aliphatic rings. The Morgan fingerprint density at radius 1 is 1.11 bits per heavy atom. The van der Waals surface area contributed by atoms with Crippen molar-refractivity contribution in [1.29, 1.82) is 0 Å². The van der Waals surface area contributed by atoms with Crippen LogP contribution in [-0.2, 0) is 0 Å². The first-order valence-electron chi connectivity index (χ1n) is 7.68. The van der Waals surface area contributed by atoms with Gasteiger partial charge < -0.3 is 5.32 Å². The Balaban J connectivity index is 2.53. The van der Waals surface area contributed by atoms with Crippen LogP contribution in [0.25, 0.3) is 0 Å². The first kappa shape index (κ1) is 16.5. The Bertz CT molecular complexity index is 362. The van der Waals surface area contributed by atoms with Crippen LogP contribution in [0, 0.1) is 6.92 Å². The molecule has 1 atom stereocenters. The predicted octanol–water partition coefficient (Wildman–Crippen LogP) is 5.66. The lowest BCUT2D eigenvalue weighted by Crippen LogP contribution is -2.21. The summed E-state index contributed by atoms with van der Waals surface area (Å²) in [7, 11) is 0. The van der Waals surface area contributed by atoms with Crippen molar-refractivity contribution in [2.24, 2.45) is 0 Å². The van der Waals surface area contributed by atoms with E-state index in [1.807, 2.05) is 6.07 Å². The van der Waals surface area contributed by atoms with Crippen LogP contribution in [0.4, 0.5) is 0 Å². The molecule has 0 amide bonds. The van der Waals surface area contributed by atoms with Gasteiger partial charge in [0.1, 0.15) is 0 Å². The molecular weight excluding hydrogens is 254 g/mol. The van der Waals surface area contributed by atoms with Crippen LogP contribution < -0.4 is 5.32 Å². The minimum absolute atomic E-state index is 0.475. The summed E-state index contributed by atoms with van der Waals surface area (Å²) in [6, 6.07) is 6.88. The quantitative estimate of drug-likeness (QED) is 0.576. The van der Waals surface area contributed by atoms with Gasteiger partial charge in [-0.05, 0) is 37.1 Å². The highest BCUT2D eigenvalue weighted by Crippen LogP contribution is 2.24. The molecule has 1 nitrogen and oxygen atoms in total. The van der Waals surface area contributed by atoms with Crippen molar-refractivity contribution in [1.82, 2.24) is 5.32 Å². The second-order valence-corrected chi connectivity index (χ2v) is 5.73. The molecule has 1 unspecified atom stereocenters. The van der Waals surface area contributed by atoms with Gasteiger partial charge in [-0.15, -0.1) is 0 Å². The van der Waals surface area contributed by atoms with Gasteiger partial charge >= 0.3 is 0 Å². The molecule has 19 heavy (non-hydrogen) atoms. The number of rotatable bonds is 9. The van der Waals surface area contributed by atoms with E-state index in [9.17, 15) is 0 Å². The molecule has 0 heterocycles. The predicted molar refractivity (Wildman–Crippen MR) is 86.0 cm³/mol.